The molecular formula is C21H31N3O4. The van der Waals surface area contributed by atoms with Crippen LogP contribution in [0.3, 0.4) is 0 Å². The molecule has 1 aromatic carbocycles. The minimum absolute atomic E-state index is 0.0387. The summed E-state index contributed by atoms with van der Waals surface area (Å²) in [5, 5.41) is 10.3. The summed E-state index contributed by atoms with van der Waals surface area (Å²) in [5.74, 6) is 0.451. The molecule has 0 spiro atoms. The topological polar surface area (TPSA) is 73.3 Å². The van der Waals surface area contributed by atoms with Crippen molar-refractivity contribution in [2.24, 2.45) is 5.92 Å². The molecule has 1 fully saturated rings. The molecule has 0 unspecified atom stereocenters. The van der Waals surface area contributed by atoms with Gasteiger partial charge in [-0.25, -0.2) is 0 Å². The van der Waals surface area contributed by atoms with Crippen LogP contribution in [0.2, 0.25) is 0 Å². The first-order valence-corrected chi connectivity index (χ1v) is 10.1. The van der Waals surface area contributed by atoms with E-state index in [2.05, 4.69) is 4.90 Å². The summed E-state index contributed by atoms with van der Waals surface area (Å²) in [7, 11) is 1.99. The Morgan fingerprint density at radius 1 is 1.29 bits per heavy atom. The normalized spacial score (nSPS) is 21.6. The molecule has 0 aromatic heterocycles. The van der Waals surface area contributed by atoms with E-state index in [1.54, 1.807) is 15.9 Å². The maximum atomic E-state index is 13.0. The Kier molecular flexibility index (Phi) is 6.13. The van der Waals surface area contributed by atoms with E-state index in [0.29, 0.717) is 31.8 Å². The molecule has 0 radical (unpaired) electrons. The van der Waals surface area contributed by atoms with Gasteiger partial charge in [-0.15, -0.1) is 0 Å². The third-order valence-corrected chi connectivity index (χ3v) is 5.94. The number of nitrogens with zero attached hydrogens (tertiary/aromatic N) is 3. The van der Waals surface area contributed by atoms with Crippen LogP contribution in [-0.2, 0) is 4.79 Å². The molecule has 3 rings (SSSR count). The quantitative estimate of drug-likeness (QED) is 0.847. The third kappa shape index (κ3) is 3.94. The van der Waals surface area contributed by atoms with Gasteiger partial charge in [-0.1, -0.05) is 20.3 Å². The lowest BCUT2D eigenvalue weighted by molar-refractivity contribution is -0.147. The van der Waals surface area contributed by atoms with Crippen LogP contribution in [0, 0.1) is 5.92 Å². The molecule has 3 atom stereocenters. The molecule has 0 bridgehead atoms. The van der Waals surface area contributed by atoms with Crippen molar-refractivity contribution in [3.05, 3.63) is 23.8 Å². The maximum Gasteiger partial charge on any atom is 0.254 e. The first-order valence-electron chi connectivity index (χ1n) is 10.1. The SMILES string of the molecule is CC[C@H](C)[C@@H](O)C(=O)N1CCN(C(=O)c2ccc3c(c2)N(C)CCO3)C[C@H]1C. The van der Waals surface area contributed by atoms with E-state index in [1.165, 1.54) is 0 Å². The summed E-state index contributed by atoms with van der Waals surface area (Å²) in [6, 6.07) is 5.40. The first kappa shape index (κ1) is 20.5. The molecular weight excluding hydrogens is 358 g/mol. The fraction of sp³-hybridized carbons (Fsp3) is 0.619. The molecule has 2 heterocycles. The summed E-state index contributed by atoms with van der Waals surface area (Å²) in [4.78, 5) is 31.2. The Hall–Kier alpha value is -2.28. The molecule has 7 nitrogen and oxygen atoms in total. The highest BCUT2D eigenvalue weighted by molar-refractivity contribution is 5.96. The number of anilines is 1. The third-order valence-electron chi connectivity index (χ3n) is 5.94. The number of likely N-dealkylation sites (N-methyl/N-ethyl adjacent to an activating group) is 1. The Morgan fingerprint density at radius 3 is 2.71 bits per heavy atom. The van der Waals surface area contributed by atoms with Crippen LogP contribution in [0.5, 0.6) is 5.75 Å². The minimum atomic E-state index is -0.981. The number of carbonyl (C=O) groups is 2. The molecule has 1 aromatic rings. The summed E-state index contributed by atoms with van der Waals surface area (Å²) >= 11 is 0. The number of fused-ring (bicyclic) bond motifs is 1. The van der Waals surface area contributed by atoms with Crippen molar-refractivity contribution in [2.75, 3.05) is 44.7 Å². The lowest BCUT2D eigenvalue weighted by atomic mass is 9.99. The van der Waals surface area contributed by atoms with Gasteiger partial charge in [-0.3, -0.25) is 9.59 Å². The van der Waals surface area contributed by atoms with Gasteiger partial charge < -0.3 is 24.5 Å². The molecule has 0 saturated carbocycles. The fourth-order valence-electron chi connectivity index (χ4n) is 3.77. The molecule has 2 aliphatic heterocycles. The lowest BCUT2D eigenvalue weighted by Gasteiger charge is -2.41. The summed E-state index contributed by atoms with van der Waals surface area (Å²) in [5.41, 5.74) is 1.55. The largest absolute Gasteiger partial charge is 0.490 e. The van der Waals surface area contributed by atoms with Crippen LogP contribution in [-0.4, -0.2) is 78.7 Å². The summed E-state index contributed by atoms with van der Waals surface area (Å²) < 4.78 is 5.65. The second kappa shape index (κ2) is 8.39. The first-order chi connectivity index (χ1) is 13.3. The predicted molar refractivity (Wildman–Crippen MR) is 108 cm³/mol. The highest BCUT2D eigenvalue weighted by atomic mass is 16.5. The Morgan fingerprint density at radius 2 is 2.04 bits per heavy atom. The van der Waals surface area contributed by atoms with Crippen LogP contribution in [0.15, 0.2) is 18.2 Å². The standard InChI is InChI=1S/C21H31N3O4/c1-5-14(2)19(25)21(27)24-9-8-23(13-15(24)3)20(26)16-6-7-18-17(12-16)22(4)10-11-28-18/h6-7,12,14-15,19,25H,5,8-11,13H2,1-4H3/t14-,15+,19+/m0/s1. The predicted octanol–water partition coefficient (Wildman–Crippen LogP) is 1.60. The number of aliphatic hydroxyl groups is 1. The monoisotopic (exact) mass is 389 g/mol. The highest BCUT2D eigenvalue weighted by Gasteiger charge is 2.34. The summed E-state index contributed by atoms with van der Waals surface area (Å²) in [6.07, 6.45) is -0.234. The van der Waals surface area contributed by atoms with Gasteiger partial charge in [-0.05, 0) is 31.0 Å². The van der Waals surface area contributed by atoms with E-state index >= 15 is 0 Å². The van der Waals surface area contributed by atoms with Crippen molar-refractivity contribution in [3.63, 3.8) is 0 Å². The van der Waals surface area contributed by atoms with Gasteiger partial charge in [-0.2, -0.15) is 0 Å². The number of hydrogen-bond donors (Lipinski definition) is 1. The van der Waals surface area contributed by atoms with Crippen molar-refractivity contribution in [1.29, 1.82) is 0 Å². The number of piperazine rings is 1. The number of ether oxygens (including phenoxy) is 1. The van der Waals surface area contributed by atoms with Gasteiger partial charge in [0.15, 0.2) is 0 Å². The van der Waals surface area contributed by atoms with Crippen molar-refractivity contribution in [1.82, 2.24) is 9.80 Å². The molecule has 7 heteroatoms. The van der Waals surface area contributed by atoms with Crippen LogP contribution in [0.4, 0.5) is 5.69 Å². The van der Waals surface area contributed by atoms with Gasteiger partial charge in [0.1, 0.15) is 18.5 Å². The Labute approximate surface area is 166 Å². The van der Waals surface area contributed by atoms with Gasteiger partial charge in [0, 0.05) is 38.3 Å². The molecule has 2 aliphatic rings. The van der Waals surface area contributed by atoms with Crippen molar-refractivity contribution < 1.29 is 19.4 Å². The van der Waals surface area contributed by atoms with Crippen LogP contribution in [0.25, 0.3) is 0 Å². The zero-order chi connectivity index (χ0) is 20.4. The molecule has 2 amide bonds. The second-order valence-electron chi connectivity index (χ2n) is 7.91. The number of carbonyl (C=O) groups excluding carboxylic acids is 2. The van der Waals surface area contributed by atoms with Gasteiger partial charge in [0.2, 0.25) is 0 Å². The number of amides is 2. The number of rotatable bonds is 4. The van der Waals surface area contributed by atoms with E-state index in [4.69, 9.17) is 4.74 Å². The Balaban J connectivity index is 1.68. The molecule has 1 saturated heterocycles. The molecule has 154 valence electrons. The molecule has 28 heavy (non-hydrogen) atoms. The average molecular weight is 389 g/mol. The van der Waals surface area contributed by atoms with E-state index in [0.717, 1.165) is 24.4 Å². The highest BCUT2D eigenvalue weighted by Crippen LogP contribution is 2.32. The van der Waals surface area contributed by atoms with Crippen molar-refractivity contribution in [2.45, 2.75) is 39.3 Å². The summed E-state index contributed by atoms with van der Waals surface area (Å²) in [6.45, 7) is 8.56. The van der Waals surface area contributed by atoms with E-state index in [9.17, 15) is 14.7 Å². The molecule has 1 N–H and O–H groups in total. The zero-order valence-electron chi connectivity index (χ0n) is 17.2. The van der Waals surface area contributed by atoms with Crippen LogP contribution >= 0.6 is 0 Å². The van der Waals surface area contributed by atoms with Crippen molar-refractivity contribution in [3.8, 4) is 5.75 Å². The Bertz CT molecular complexity index is 738. The van der Waals surface area contributed by atoms with Gasteiger partial charge in [0.25, 0.3) is 11.8 Å². The minimum Gasteiger partial charge on any atom is -0.490 e. The second-order valence-corrected chi connectivity index (χ2v) is 7.91. The van der Waals surface area contributed by atoms with E-state index in [-0.39, 0.29) is 23.8 Å². The number of aliphatic hydroxyl groups excluding tert-OH is 1. The van der Waals surface area contributed by atoms with E-state index < -0.39 is 6.10 Å². The fourth-order valence-corrected chi connectivity index (χ4v) is 3.77. The van der Waals surface area contributed by atoms with E-state index in [1.807, 2.05) is 40.0 Å². The smallest absolute Gasteiger partial charge is 0.254 e. The van der Waals surface area contributed by atoms with Crippen LogP contribution < -0.4 is 9.64 Å². The molecule has 0 aliphatic carbocycles. The number of hydrogen-bond acceptors (Lipinski definition) is 5. The average Bonchev–Trinajstić information content (AvgIpc) is 2.71. The number of benzene rings is 1. The van der Waals surface area contributed by atoms with Gasteiger partial charge >= 0.3 is 0 Å². The van der Waals surface area contributed by atoms with Crippen LogP contribution in [0.1, 0.15) is 37.6 Å². The lowest BCUT2D eigenvalue weighted by Crippen LogP contribution is -2.58. The zero-order valence-corrected chi connectivity index (χ0v) is 17.2. The van der Waals surface area contributed by atoms with Crippen molar-refractivity contribution >= 4 is 17.5 Å². The van der Waals surface area contributed by atoms with Gasteiger partial charge in [0.05, 0.1) is 12.2 Å². The maximum absolute atomic E-state index is 13.0.